The van der Waals surface area contributed by atoms with Crippen LogP contribution in [-0.4, -0.2) is 139 Å². The van der Waals surface area contributed by atoms with Crippen molar-refractivity contribution in [2.75, 3.05) is 93.2 Å². The molecule has 2 fully saturated rings. The molecule has 3 aliphatic rings. The van der Waals surface area contributed by atoms with E-state index in [9.17, 15) is 28.8 Å². The van der Waals surface area contributed by atoms with Gasteiger partial charge in [0, 0.05) is 70.5 Å². The maximum atomic E-state index is 13.3. The van der Waals surface area contributed by atoms with E-state index in [1.54, 1.807) is 24.3 Å². The molecule has 4 N–H and O–H groups in total. The first-order valence-corrected chi connectivity index (χ1v) is 25.2. The molecule has 19 nitrogen and oxygen atoms in total. The SMILES string of the molecule is Cc1nc(Nc2ncc(C(=O)Nc3c(C)cccc3Cl)s2)cc(N2CCN(C(=O)CCCCCOCCOCCOCCCCCCNc3cccc4c3C(=O)N(C3CCC(=O)NC3=O)C4=O)CC2)n1. The first kappa shape index (κ1) is 51.8. The molecule has 3 aliphatic heterocycles. The predicted octanol–water partition coefficient (Wildman–Crippen LogP) is 6.53. The van der Waals surface area contributed by atoms with Gasteiger partial charge < -0.3 is 40.0 Å². The van der Waals surface area contributed by atoms with Crippen LogP contribution in [0, 0.1) is 13.8 Å². The highest BCUT2D eigenvalue weighted by atomic mass is 35.5. The second-order valence-corrected chi connectivity index (χ2v) is 18.7. The van der Waals surface area contributed by atoms with Gasteiger partial charge in [0.25, 0.3) is 17.7 Å². The van der Waals surface area contributed by atoms with Crippen LogP contribution in [0.3, 0.4) is 0 Å². The van der Waals surface area contributed by atoms with Gasteiger partial charge in [-0.1, -0.05) is 60.4 Å². The number of nitrogens with one attached hydrogen (secondary N) is 4. The van der Waals surface area contributed by atoms with E-state index in [0.29, 0.717) is 117 Å². The van der Waals surface area contributed by atoms with E-state index in [4.69, 9.17) is 25.8 Å². The van der Waals surface area contributed by atoms with E-state index in [0.717, 1.165) is 61.2 Å². The molecule has 2 aromatic carbocycles. The minimum absolute atomic E-state index is 0.0784. The van der Waals surface area contributed by atoms with Crippen LogP contribution in [0.15, 0.2) is 48.7 Å². The van der Waals surface area contributed by atoms with Crippen LogP contribution < -0.4 is 26.2 Å². The number of benzene rings is 2. The third-order valence-electron chi connectivity index (χ3n) is 12.1. The van der Waals surface area contributed by atoms with E-state index in [2.05, 4.69) is 41.1 Å². The first-order valence-electron chi connectivity index (χ1n) is 24.0. The van der Waals surface area contributed by atoms with Gasteiger partial charge in [-0.05, 0) is 69.7 Å². The second kappa shape index (κ2) is 25.7. The van der Waals surface area contributed by atoms with Crippen LogP contribution in [0.1, 0.15) is 106 Å². The Morgan fingerprint density at radius 3 is 2.26 bits per heavy atom. The van der Waals surface area contributed by atoms with Crippen LogP contribution in [0.4, 0.5) is 28.1 Å². The predicted molar refractivity (Wildman–Crippen MR) is 266 cm³/mol. The van der Waals surface area contributed by atoms with Crippen molar-refractivity contribution in [2.24, 2.45) is 0 Å². The number of hydrogen-bond donors (Lipinski definition) is 4. The van der Waals surface area contributed by atoms with Gasteiger partial charge >= 0.3 is 0 Å². The number of carbonyl (C=O) groups is 6. The summed E-state index contributed by atoms with van der Waals surface area (Å²) in [5.41, 5.74) is 2.53. The lowest BCUT2D eigenvalue weighted by Crippen LogP contribution is -2.54. The standard InChI is InChI=1S/C49H61ClN10O9S/c1-32-12-10-14-35(50)44(32)57-46(64)38-31-52-49(70-38)55-39-30-40(54-33(2)53-39)58-20-22-59(23-21-58)42(62)16-6-5-9-25-68-27-29-69-28-26-67-24-8-4-3-7-19-51-36-15-11-13-34-43(36)48(66)60(47(34)65)37-17-18-41(61)56-45(37)63/h10-15,30-31,37,51H,3-9,16-29H2,1-2H3,(H,57,64)(H,56,61,63)(H,52,53,54,55). The number of nitrogens with zero attached hydrogens (tertiary/aromatic N) is 6. The zero-order valence-corrected chi connectivity index (χ0v) is 41.3. The number of fused-ring (bicyclic) bond motifs is 1. The summed E-state index contributed by atoms with van der Waals surface area (Å²) in [7, 11) is 0. The van der Waals surface area contributed by atoms with Crippen LogP contribution in [0.5, 0.6) is 0 Å². The number of aryl methyl sites for hydroxylation is 2. The van der Waals surface area contributed by atoms with Crippen molar-refractivity contribution in [3.05, 3.63) is 81.1 Å². The number of aromatic nitrogens is 3. The molecular weight excluding hydrogens is 940 g/mol. The Labute approximate surface area is 416 Å². The molecule has 7 rings (SSSR count). The molecule has 4 aromatic rings. The molecule has 0 spiro atoms. The zero-order valence-electron chi connectivity index (χ0n) is 39.7. The van der Waals surface area contributed by atoms with Gasteiger partial charge in [-0.2, -0.15) is 0 Å². The average molecular weight is 1000 g/mol. The zero-order chi connectivity index (χ0) is 49.4. The molecule has 0 saturated carbocycles. The fourth-order valence-electron chi connectivity index (χ4n) is 8.40. The molecule has 2 saturated heterocycles. The van der Waals surface area contributed by atoms with Gasteiger partial charge in [0.15, 0.2) is 5.13 Å². The summed E-state index contributed by atoms with van der Waals surface area (Å²) in [6.07, 6.45) is 8.54. The topological polar surface area (TPSA) is 227 Å². The Hall–Kier alpha value is -6.06. The second-order valence-electron chi connectivity index (χ2n) is 17.2. The van der Waals surface area contributed by atoms with Crippen LogP contribution in [0.2, 0.25) is 5.02 Å². The van der Waals surface area contributed by atoms with Crippen molar-refractivity contribution in [1.82, 2.24) is 30.1 Å². The quantitative estimate of drug-likeness (QED) is 0.0387. The number of piperidine rings is 1. The molecule has 1 unspecified atom stereocenters. The summed E-state index contributed by atoms with van der Waals surface area (Å²) in [6.45, 7) is 10.1. The van der Waals surface area contributed by atoms with E-state index in [1.165, 1.54) is 17.5 Å². The number of unbranched alkanes of at least 4 members (excludes halogenated alkanes) is 5. The molecule has 2 aromatic heterocycles. The number of imide groups is 2. The number of hydrogen-bond acceptors (Lipinski definition) is 16. The van der Waals surface area contributed by atoms with Gasteiger partial charge in [0.2, 0.25) is 17.7 Å². The molecule has 0 radical (unpaired) electrons. The molecule has 70 heavy (non-hydrogen) atoms. The fourth-order valence-corrected chi connectivity index (χ4v) is 9.39. The van der Waals surface area contributed by atoms with Gasteiger partial charge in [-0.15, -0.1) is 0 Å². The Balaban J connectivity index is 0.663. The number of amides is 6. The number of piperazine rings is 1. The van der Waals surface area contributed by atoms with Crippen molar-refractivity contribution in [1.29, 1.82) is 0 Å². The summed E-state index contributed by atoms with van der Waals surface area (Å²) in [5, 5.41) is 12.6. The summed E-state index contributed by atoms with van der Waals surface area (Å²) in [4.78, 5) is 95.2. The molecular formula is C49H61ClN10O9S. The van der Waals surface area contributed by atoms with Crippen molar-refractivity contribution < 1.29 is 43.0 Å². The molecule has 0 bridgehead atoms. The highest BCUT2D eigenvalue weighted by molar-refractivity contribution is 7.17. The lowest BCUT2D eigenvalue weighted by molar-refractivity contribution is -0.136. The summed E-state index contributed by atoms with van der Waals surface area (Å²) in [5.74, 6) is -0.286. The maximum absolute atomic E-state index is 13.3. The Kier molecular flexibility index (Phi) is 19.0. The highest BCUT2D eigenvalue weighted by Gasteiger charge is 2.45. The van der Waals surface area contributed by atoms with Gasteiger partial charge in [0.1, 0.15) is 28.4 Å². The normalized spacial score (nSPS) is 15.9. The molecule has 21 heteroatoms. The number of halogens is 1. The molecule has 6 amide bonds. The highest BCUT2D eigenvalue weighted by Crippen LogP contribution is 2.33. The number of ether oxygens (including phenoxy) is 3. The average Bonchev–Trinajstić information content (AvgIpc) is 3.92. The van der Waals surface area contributed by atoms with Gasteiger partial charge in [-0.25, -0.2) is 15.0 Å². The van der Waals surface area contributed by atoms with Gasteiger partial charge in [-0.3, -0.25) is 39.0 Å². The fraction of sp³-hybridized carbons (Fsp3) is 0.490. The molecule has 5 heterocycles. The lowest BCUT2D eigenvalue weighted by Gasteiger charge is -2.35. The molecule has 374 valence electrons. The summed E-state index contributed by atoms with van der Waals surface area (Å²) >= 11 is 7.50. The molecule has 1 atom stereocenters. The largest absolute Gasteiger partial charge is 0.384 e. The third kappa shape index (κ3) is 14.1. The minimum atomic E-state index is -0.991. The first-order chi connectivity index (χ1) is 34.0. The summed E-state index contributed by atoms with van der Waals surface area (Å²) in [6, 6.07) is 11.4. The van der Waals surface area contributed by atoms with Crippen LogP contribution in [-0.2, 0) is 28.6 Å². The smallest absolute Gasteiger partial charge is 0.267 e. The maximum Gasteiger partial charge on any atom is 0.267 e. The number of thiazole rings is 1. The number of anilines is 5. The monoisotopic (exact) mass is 1000 g/mol. The number of rotatable bonds is 26. The van der Waals surface area contributed by atoms with Crippen molar-refractivity contribution in [2.45, 2.75) is 84.1 Å². The summed E-state index contributed by atoms with van der Waals surface area (Å²) < 4.78 is 17.1. The van der Waals surface area contributed by atoms with Crippen LogP contribution >= 0.6 is 22.9 Å². The third-order valence-corrected chi connectivity index (χ3v) is 13.4. The van der Waals surface area contributed by atoms with Crippen molar-refractivity contribution >= 4 is 86.5 Å². The van der Waals surface area contributed by atoms with E-state index in [-0.39, 0.29) is 35.8 Å². The Morgan fingerprint density at radius 2 is 1.53 bits per heavy atom. The van der Waals surface area contributed by atoms with E-state index < -0.39 is 29.7 Å². The van der Waals surface area contributed by atoms with E-state index >= 15 is 0 Å². The van der Waals surface area contributed by atoms with E-state index in [1.807, 2.05) is 36.9 Å². The number of carbonyl (C=O) groups excluding carboxylic acids is 6. The Bertz CT molecular complexity index is 2480. The van der Waals surface area contributed by atoms with Crippen molar-refractivity contribution in [3.63, 3.8) is 0 Å². The lowest BCUT2D eigenvalue weighted by atomic mass is 10.0. The number of para-hydroxylation sites is 1. The van der Waals surface area contributed by atoms with Gasteiger partial charge in [0.05, 0.1) is 54.5 Å². The van der Waals surface area contributed by atoms with Crippen molar-refractivity contribution in [3.8, 4) is 0 Å². The Morgan fingerprint density at radius 1 is 0.829 bits per heavy atom. The van der Waals surface area contributed by atoms with Crippen LogP contribution in [0.25, 0.3) is 0 Å². The minimum Gasteiger partial charge on any atom is -0.384 e. The molecule has 0 aliphatic carbocycles.